The van der Waals surface area contributed by atoms with E-state index in [1.165, 1.54) is 45.1 Å². The van der Waals surface area contributed by atoms with E-state index in [1.807, 2.05) is 0 Å². The van der Waals surface area contributed by atoms with E-state index in [9.17, 15) is 10.2 Å². The summed E-state index contributed by atoms with van der Waals surface area (Å²) in [6, 6.07) is 0.351. The van der Waals surface area contributed by atoms with Crippen molar-refractivity contribution in [2.24, 2.45) is 40.4 Å². The Morgan fingerprint density at radius 2 is 1.58 bits per heavy atom. The Labute approximate surface area is 190 Å². The average molecular weight is 433 g/mol. The van der Waals surface area contributed by atoms with Crippen LogP contribution in [-0.2, 0) is 0 Å². The molecule has 0 spiro atoms. The number of rotatable bonds is 3. The zero-order valence-electron chi connectivity index (χ0n) is 20.6. The molecular formula is C27H48N2O2. The summed E-state index contributed by atoms with van der Waals surface area (Å²) in [6.45, 7) is 15.4. The molecule has 1 aliphatic heterocycles. The fraction of sp³-hybridized carbons (Fsp3) is 1.00. The van der Waals surface area contributed by atoms with Crippen LogP contribution >= 0.6 is 0 Å². The van der Waals surface area contributed by atoms with Gasteiger partial charge in [-0.1, -0.05) is 27.7 Å². The number of fused-ring (bicyclic) bond motifs is 5. The van der Waals surface area contributed by atoms with Crippen molar-refractivity contribution in [3.05, 3.63) is 0 Å². The molecule has 1 heterocycles. The zero-order valence-corrected chi connectivity index (χ0v) is 20.6. The summed E-state index contributed by atoms with van der Waals surface area (Å²) in [5.41, 5.74) is 0.543. The van der Waals surface area contributed by atoms with Gasteiger partial charge in [-0.3, -0.25) is 4.90 Å². The van der Waals surface area contributed by atoms with E-state index in [1.54, 1.807) is 0 Å². The highest BCUT2D eigenvalue weighted by atomic mass is 16.3. The van der Waals surface area contributed by atoms with Crippen LogP contribution in [0.25, 0.3) is 0 Å². The molecule has 0 aromatic rings. The van der Waals surface area contributed by atoms with Gasteiger partial charge >= 0.3 is 0 Å². The summed E-state index contributed by atoms with van der Waals surface area (Å²) in [5.74, 6) is 3.75. The van der Waals surface area contributed by atoms with Crippen LogP contribution in [0.2, 0.25) is 0 Å². The quantitative estimate of drug-likeness (QED) is 0.708. The SMILES string of the molecule is CC(C)CN1CCN([C@H]2C[C@@]3(C)[C@@H](CC[C@@H]4[C@@H]3CC[C@]3(C)[C@@H](O)CC[C@@H]43)C[C@@H]2O)CC1. The number of hydrogen-bond acceptors (Lipinski definition) is 4. The molecule has 0 radical (unpaired) electrons. The fourth-order valence-electron chi connectivity index (χ4n) is 9.41. The summed E-state index contributed by atoms with van der Waals surface area (Å²) in [4.78, 5) is 5.27. The fourth-order valence-corrected chi connectivity index (χ4v) is 9.41. The maximum atomic E-state index is 11.2. The lowest BCUT2D eigenvalue weighted by Gasteiger charge is -2.62. The van der Waals surface area contributed by atoms with Gasteiger partial charge in [-0.2, -0.15) is 0 Å². The van der Waals surface area contributed by atoms with E-state index in [0.29, 0.717) is 17.4 Å². The third kappa shape index (κ3) is 3.72. The molecule has 5 rings (SSSR count). The molecule has 31 heavy (non-hydrogen) atoms. The highest BCUT2D eigenvalue weighted by molar-refractivity contribution is 5.11. The second-order valence-corrected chi connectivity index (χ2v) is 13.1. The predicted molar refractivity (Wildman–Crippen MR) is 126 cm³/mol. The smallest absolute Gasteiger partial charge is 0.0698 e. The molecule has 4 aliphatic carbocycles. The lowest BCUT2D eigenvalue weighted by molar-refractivity contribution is -0.155. The first-order chi connectivity index (χ1) is 14.7. The molecule has 0 aromatic heterocycles. The van der Waals surface area contributed by atoms with Crippen molar-refractivity contribution in [3.63, 3.8) is 0 Å². The highest BCUT2D eigenvalue weighted by Crippen LogP contribution is 2.66. The van der Waals surface area contributed by atoms with Crippen LogP contribution in [0.5, 0.6) is 0 Å². The van der Waals surface area contributed by atoms with Crippen LogP contribution in [-0.4, -0.2) is 71.0 Å². The van der Waals surface area contributed by atoms with Crippen molar-refractivity contribution in [1.29, 1.82) is 0 Å². The Balaban J connectivity index is 1.31. The summed E-state index contributed by atoms with van der Waals surface area (Å²) in [5, 5.41) is 22.0. The molecule has 0 bridgehead atoms. The molecular weight excluding hydrogens is 384 g/mol. The van der Waals surface area contributed by atoms with Gasteiger partial charge in [-0.25, -0.2) is 0 Å². The van der Waals surface area contributed by atoms with Crippen LogP contribution < -0.4 is 0 Å². The van der Waals surface area contributed by atoms with Crippen molar-refractivity contribution in [2.75, 3.05) is 32.7 Å². The maximum Gasteiger partial charge on any atom is 0.0698 e. The van der Waals surface area contributed by atoms with Crippen molar-refractivity contribution < 1.29 is 10.2 Å². The van der Waals surface area contributed by atoms with Crippen LogP contribution in [0.3, 0.4) is 0 Å². The van der Waals surface area contributed by atoms with Gasteiger partial charge < -0.3 is 15.1 Å². The largest absolute Gasteiger partial charge is 0.393 e. The average Bonchev–Trinajstić information content (AvgIpc) is 3.03. The normalized spacial score (nSPS) is 51.4. The first-order valence-corrected chi connectivity index (χ1v) is 13.5. The summed E-state index contributed by atoms with van der Waals surface area (Å²) >= 11 is 0. The van der Waals surface area contributed by atoms with Gasteiger partial charge in [0.1, 0.15) is 0 Å². The monoisotopic (exact) mass is 432 g/mol. The molecule has 0 unspecified atom stereocenters. The van der Waals surface area contributed by atoms with E-state index >= 15 is 0 Å². The minimum absolute atomic E-state index is 0.0768. The topological polar surface area (TPSA) is 46.9 Å². The number of piperazine rings is 1. The van der Waals surface area contributed by atoms with E-state index in [0.717, 1.165) is 62.7 Å². The Hall–Kier alpha value is -0.160. The van der Waals surface area contributed by atoms with E-state index in [-0.39, 0.29) is 17.6 Å². The predicted octanol–water partition coefficient (Wildman–Crippen LogP) is 4.00. The molecule has 1 saturated heterocycles. The molecule has 4 nitrogen and oxygen atoms in total. The Morgan fingerprint density at radius 1 is 0.871 bits per heavy atom. The van der Waals surface area contributed by atoms with Gasteiger partial charge in [0.2, 0.25) is 0 Å². The molecule has 4 heteroatoms. The third-order valence-electron chi connectivity index (χ3n) is 11.1. The van der Waals surface area contributed by atoms with Gasteiger partial charge in [0.25, 0.3) is 0 Å². The lowest BCUT2D eigenvalue weighted by Crippen LogP contribution is -2.62. The molecule has 9 atom stereocenters. The first-order valence-electron chi connectivity index (χ1n) is 13.5. The molecule has 178 valence electrons. The lowest BCUT2D eigenvalue weighted by atomic mass is 9.44. The molecule has 0 aromatic carbocycles. The number of aliphatic hydroxyl groups excluding tert-OH is 2. The Morgan fingerprint density at radius 3 is 2.29 bits per heavy atom. The van der Waals surface area contributed by atoms with Gasteiger partial charge in [-0.05, 0) is 91.8 Å². The minimum Gasteiger partial charge on any atom is -0.393 e. The highest BCUT2D eigenvalue weighted by Gasteiger charge is 2.61. The van der Waals surface area contributed by atoms with Gasteiger partial charge in [0.15, 0.2) is 0 Å². The van der Waals surface area contributed by atoms with Crippen LogP contribution in [0, 0.1) is 40.4 Å². The van der Waals surface area contributed by atoms with E-state index < -0.39 is 0 Å². The number of aliphatic hydroxyl groups is 2. The van der Waals surface area contributed by atoms with E-state index in [2.05, 4.69) is 37.5 Å². The second kappa shape index (κ2) is 8.25. The number of nitrogens with zero attached hydrogens (tertiary/aromatic N) is 2. The summed E-state index contributed by atoms with van der Waals surface area (Å²) in [6.07, 6.45) is 9.39. The van der Waals surface area contributed by atoms with Crippen molar-refractivity contribution in [2.45, 2.75) is 97.3 Å². The molecule has 5 aliphatic rings. The van der Waals surface area contributed by atoms with Gasteiger partial charge in [-0.15, -0.1) is 0 Å². The molecule has 2 N–H and O–H groups in total. The minimum atomic E-state index is -0.145. The Kier molecular flexibility index (Phi) is 6.02. The van der Waals surface area contributed by atoms with Gasteiger partial charge in [0, 0.05) is 38.8 Å². The standard InChI is InChI=1S/C27H48N2O2/c1-18(2)17-28-11-13-29(14-12-28)23-16-27(4)19(15-24(23)30)5-6-20-21-7-8-25(31)26(21,3)10-9-22(20)27/h18-25,30-31H,5-17H2,1-4H3/t19-,20-,21-,22-,23-,24-,25-,26-,27-/m0/s1. The zero-order chi connectivity index (χ0) is 22.0. The van der Waals surface area contributed by atoms with E-state index in [4.69, 9.17) is 0 Å². The van der Waals surface area contributed by atoms with Crippen LogP contribution in [0.4, 0.5) is 0 Å². The third-order valence-corrected chi connectivity index (χ3v) is 11.1. The Bertz CT molecular complexity index is 647. The van der Waals surface area contributed by atoms with Crippen molar-refractivity contribution >= 4 is 0 Å². The van der Waals surface area contributed by atoms with Crippen LogP contribution in [0.1, 0.15) is 79.1 Å². The first kappa shape index (κ1) is 22.6. The summed E-state index contributed by atoms with van der Waals surface area (Å²) < 4.78 is 0. The molecule has 4 saturated carbocycles. The second-order valence-electron chi connectivity index (χ2n) is 13.1. The maximum absolute atomic E-state index is 11.2. The summed E-state index contributed by atoms with van der Waals surface area (Å²) in [7, 11) is 0. The molecule has 0 amide bonds. The molecule has 5 fully saturated rings. The van der Waals surface area contributed by atoms with Crippen molar-refractivity contribution in [3.8, 4) is 0 Å². The number of hydrogen-bond donors (Lipinski definition) is 2. The van der Waals surface area contributed by atoms with Crippen molar-refractivity contribution in [1.82, 2.24) is 9.80 Å². The van der Waals surface area contributed by atoms with Gasteiger partial charge in [0.05, 0.1) is 12.2 Å². The van der Waals surface area contributed by atoms with Crippen LogP contribution in [0.15, 0.2) is 0 Å².